The van der Waals surface area contributed by atoms with Crippen LogP contribution in [-0.2, 0) is 16.1 Å². The van der Waals surface area contributed by atoms with Crippen LogP contribution in [0.4, 0.5) is 10.2 Å². The highest BCUT2D eigenvalue weighted by Crippen LogP contribution is 2.24. The zero-order valence-electron chi connectivity index (χ0n) is 21.7. The molecule has 0 bridgehead atoms. The van der Waals surface area contributed by atoms with Gasteiger partial charge in [-0.15, -0.1) is 0 Å². The molecule has 0 unspecified atom stereocenters. The van der Waals surface area contributed by atoms with Gasteiger partial charge in [-0.2, -0.15) is 0 Å². The number of nitrogens with zero attached hydrogens (tertiary/aromatic N) is 2. The molecule has 2 amide bonds. The van der Waals surface area contributed by atoms with Gasteiger partial charge in [0.1, 0.15) is 12.4 Å². The number of hydrogen-bond donors (Lipinski definition) is 3. The maximum absolute atomic E-state index is 13.6. The smallest absolute Gasteiger partial charge is 0.294 e. The van der Waals surface area contributed by atoms with Crippen LogP contribution < -0.4 is 21.5 Å². The largest absolute Gasteiger partial charge is 0.354 e. The summed E-state index contributed by atoms with van der Waals surface area (Å²) >= 11 is 0. The van der Waals surface area contributed by atoms with Gasteiger partial charge in [-0.25, -0.2) is 9.37 Å². The van der Waals surface area contributed by atoms with Crippen molar-refractivity contribution in [2.24, 2.45) is 0 Å². The molecule has 200 valence electrons. The highest BCUT2D eigenvalue weighted by Gasteiger charge is 2.20. The second kappa shape index (κ2) is 12.7. The van der Waals surface area contributed by atoms with Gasteiger partial charge >= 0.3 is 0 Å². The molecule has 0 aliphatic rings. The first kappa shape index (κ1) is 27.4. The molecule has 39 heavy (non-hydrogen) atoms. The van der Waals surface area contributed by atoms with E-state index in [1.165, 1.54) is 35.0 Å². The predicted molar refractivity (Wildman–Crippen MR) is 149 cm³/mol. The van der Waals surface area contributed by atoms with Crippen LogP contribution in [0.5, 0.6) is 0 Å². The maximum Gasteiger partial charge on any atom is 0.294 e. The molecule has 4 aromatic rings. The summed E-state index contributed by atoms with van der Waals surface area (Å²) in [5.74, 6) is -1.58. The lowest BCUT2D eigenvalue weighted by Crippen LogP contribution is -2.39. The van der Waals surface area contributed by atoms with Gasteiger partial charge in [0.15, 0.2) is 5.82 Å². The number of benzene rings is 3. The van der Waals surface area contributed by atoms with E-state index in [1.807, 2.05) is 60.7 Å². The molecule has 0 aliphatic heterocycles. The van der Waals surface area contributed by atoms with Crippen molar-refractivity contribution in [2.45, 2.75) is 25.4 Å². The van der Waals surface area contributed by atoms with E-state index in [0.29, 0.717) is 17.8 Å². The van der Waals surface area contributed by atoms with E-state index < -0.39 is 29.2 Å². The standard InChI is InChI=1S/C30H30FN5O3/c1-20(32-2)29(38)35-28-30(39)36(26(18-34-28)23-13-15-24(31)16-14-23)19-27(37)33-17-25(21-9-5-3-6-10-21)22-11-7-4-8-12-22/h3-16,18,20,25,32H,17,19H2,1-2H3,(H,33,37)(H,34,35,38)/t20-/m0/s1. The Labute approximate surface area is 225 Å². The Morgan fingerprint density at radius 1 is 0.923 bits per heavy atom. The lowest BCUT2D eigenvalue weighted by Gasteiger charge is -2.20. The van der Waals surface area contributed by atoms with Crippen LogP contribution in [-0.4, -0.2) is 41.0 Å². The van der Waals surface area contributed by atoms with Crippen molar-refractivity contribution in [3.05, 3.63) is 118 Å². The minimum absolute atomic E-state index is 0.0973. The van der Waals surface area contributed by atoms with Crippen LogP contribution >= 0.6 is 0 Å². The number of nitrogens with one attached hydrogen (secondary N) is 3. The highest BCUT2D eigenvalue weighted by atomic mass is 19.1. The minimum Gasteiger partial charge on any atom is -0.354 e. The Bertz CT molecular complexity index is 1430. The van der Waals surface area contributed by atoms with Crippen molar-refractivity contribution in [3.8, 4) is 11.3 Å². The molecule has 9 heteroatoms. The van der Waals surface area contributed by atoms with Gasteiger partial charge in [-0.1, -0.05) is 60.7 Å². The van der Waals surface area contributed by atoms with Crippen LogP contribution in [0.3, 0.4) is 0 Å². The Hall–Kier alpha value is -4.63. The molecule has 0 saturated heterocycles. The van der Waals surface area contributed by atoms with E-state index in [9.17, 15) is 18.8 Å². The number of carbonyl (C=O) groups is 2. The Morgan fingerprint density at radius 3 is 2.08 bits per heavy atom. The molecule has 0 fully saturated rings. The third-order valence-corrected chi connectivity index (χ3v) is 6.47. The average Bonchev–Trinajstić information content (AvgIpc) is 2.96. The van der Waals surface area contributed by atoms with Crippen LogP contribution in [0.25, 0.3) is 11.3 Å². The van der Waals surface area contributed by atoms with Gasteiger partial charge < -0.3 is 16.0 Å². The number of rotatable bonds is 10. The van der Waals surface area contributed by atoms with Crippen molar-refractivity contribution < 1.29 is 14.0 Å². The first-order valence-corrected chi connectivity index (χ1v) is 12.6. The third kappa shape index (κ3) is 6.82. The molecule has 8 nitrogen and oxygen atoms in total. The van der Waals surface area contributed by atoms with Gasteiger partial charge in [0, 0.05) is 18.0 Å². The molecule has 0 saturated carbocycles. The van der Waals surface area contributed by atoms with Crippen molar-refractivity contribution in [1.82, 2.24) is 20.2 Å². The first-order valence-electron chi connectivity index (χ1n) is 12.6. The molecule has 1 atom stereocenters. The monoisotopic (exact) mass is 527 g/mol. The number of aromatic nitrogens is 2. The van der Waals surface area contributed by atoms with Crippen LogP contribution in [0.1, 0.15) is 24.0 Å². The fourth-order valence-electron chi connectivity index (χ4n) is 4.15. The Kier molecular flexibility index (Phi) is 8.96. The van der Waals surface area contributed by atoms with E-state index in [-0.39, 0.29) is 18.3 Å². The summed E-state index contributed by atoms with van der Waals surface area (Å²) in [7, 11) is 1.62. The zero-order chi connectivity index (χ0) is 27.8. The number of amides is 2. The summed E-state index contributed by atoms with van der Waals surface area (Å²) in [6, 6.07) is 24.6. The highest BCUT2D eigenvalue weighted by molar-refractivity contribution is 5.93. The minimum atomic E-state index is -0.647. The van der Waals surface area contributed by atoms with Crippen molar-refractivity contribution in [1.29, 1.82) is 0 Å². The second-order valence-electron chi connectivity index (χ2n) is 9.07. The predicted octanol–water partition coefficient (Wildman–Crippen LogP) is 3.54. The van der Waals surface area contributed by atoms with E-state index in [4.69, 9.17) is 0 Å². The van der Waals surface area contributed by atoms with Gasteiger partial charge in [-0.05, 0) is 49.4 Å². The summed E-state index contributed by atoms with van der Waals surface area (Å²) in [5, 5.41) is 8.27. The Morgan fingerprint density at radius 2 is 1.51 bits per heavy atom. The van der Waals surface area contributed by atoms with E-state index in [1.54, 1.807) is 14.0 Å². The summed E-state index contributed by atoms with van der Waals surface area (Å²) < 4.78 is 14.8. The summed E-state index contributed by atoms with van der Waals surface area (Å²) in [6.07, 6.45) is 1.39. The molecule has 3 aromatic carbocycles. The van der Waals surface area contributed by atoms with Crippen LogP contribution in [0, 0.1) is 5.82 Å². The molecular formula is C30H30FN5O3. The van der Waals surface area contributed by atoms with E-state index in [2.05, 4.69) is 20.9 Å². The molecule has 0 radical (unpaired) electrons. The Balaban J connectivity index is 1.62. The van der Waals surface area contributed by atoms with Gasteiger partial charge in [0.05, 0.1) is 17.9 Å². The van der Waals surface area contributed by atoms with E-state index >= 15 is 0 Å². The number of carbonyl (C=O) groups excluding carboxylic acids is 2. The summed E-state index contributed by atoms with van der Waals surface area (Å²) in [4.78, 5) is 43.1. The zero-order valence-corrected chi connectivity index (χ0v) is 21.7. The molecular weight excluding hydrogens is 497 g/mol. The SMILES string of the molecule is CN[C@@H](C)C(=O)Nc1ncc(-c2ccc(F)cc2)n(CC(=O)NCC(c2ccccc2)c2ccccc2)c1=O. The van der Waals surface area contributed by atoms with Crippen molar-refractivity contribution in [2.75, 3.05) is 18.9 Å². The lowest BCUT2D eigenvalue weighted by molar-refractivity contribution is -0.121. The van der Waals surface area contributed by atoms with Gasteiger partial charge in [0.2, 0.25) is 11.8 Å². The molecule has 0 aliphatic carbocycles. The maximum atomic E-state index is 13.6. The number of anilines is 1. The number of halogens is 1. The van der Waals surface area contributed by atoms with Crippen molar-refractivity contribution >= 4 is 17.6 Å². The topological polar surface area (TPSA) is 105 Å². The van der Waals surface area contributed by atoms with Crippen molar-refractivity contribution in [3.63, 3.8) is 0 Å². The van der Waals surface area contributed by atoms with Crippen LogP contribution in [0.15, 0.2) is 95.9 Å². The van der Waals surface area contributed by atoms with E-state index in [0.717, 1.165) is 11.1 Å². The fourth-order valence-corrected chi connectivity index (χ4v) is 4.15. The van der Waals surface area contributed by atoms with Crippen LogP contribution in [0.2, 0.25) is 0 Å². The quantitative estimate of drug-likeness (QED) is 0.293. The lowest BCUT2D eigenvalue weighted by atomic mass is 9.91. The fraction of sp³-hybridized carbons (Fsp3) is 0.200. The molecule has 3 N–H and O–H groups in total. The average molecular weight is 528 g/mol. The number of likely N-dealkylation sites (N-methyl/N-ethyl adjacent to an activating group) is 1. The number of hydrogen-bond acceptors (Lipinski definition) is 5. The summed E-state index contributed by atoms with van der Waals surface area (Å²) in [5.41, 5.74) is 2.26. The molecule has 1 aromatic heterocycles. The second-order valence-corrected chi connectivity index (χ2v) is 9.07. The first-order chi connectivity index (χ1) is 18.9. The molecule has 0 spiro atoms. The van der Waals surface area contributed by atoms with Gasteiger partial charge in [-0.3, -0.25) is 19.0 Å². The summed E-state index contributed by atoms with van der Waals surface area (Å²) in [6.45, 7) is 1.63. The molecule has 1 heterocycles. The molecule has 4 rings (SSSR count). The normalized spacial score (nSPS) is 11.7. The third-order valence-electron chi connectivity index (χ3n) is 6.47. The van der Waals surface area contributed by atoms with Gasteiger partial charge in [0.25, 0.3) is 5.56 Å².